The fourth-order valence-corrected chi connectivity index (χ4v) is 1.85. The smallest absolute Gasteiger partial charge is 0.404 e. The number of carboxylic acids is 1. The molecule has 9 heteroatoms. The molecule has 0 atom stereocenters. The predicted molar refractivity (Wildman–Crippen MR) is 69.2 cm³/mol. The van der Waals surface area contributed by atoms with Crippen LogP contribution in [0.1, 0.15) is 6.42 Å². The summed E-state index contributed by atoms with van der Waals surface area (Å²) in [5, 5.41) is 11.2. The van der Waals surface area contributed by atoms with Gasteiger partial charge < -0.3 is 25.8 Å². The lowest BCUT2D eigenvalue weighted by molar-refractivity contribution is -0.137. The highest BCUT2D eigenvalue weighted by atomic mass is 16.5. The first-order valence-electron chi connectivity index (χ1n) is 6.38. The maximum atomic E-state index is 11.7. The number of carboxylic acid groups (broad SMARTS) is 1. The second kappa shape index (κ2) is 8.20. The van der Waals surface area contributed by atoms with Crippen LogP contribution in [0.4, 0.5) is 9.59 Å². The molecule has 0 aromatic carbocycles. The Hall–Kier alpha value is -2.03. The highest BCUT2D eigenvalue weighted by molar-refractivity contribution is 5.74. The van der Waals surface area contributed by atoms with Crippen LogP contribution in [0.5, 0.6) is 0 Å². The van der Waals surface area contributed by atoms with E-state index in [9.17, 15) is 14.4 Å². The normalized spacial score (nSPS) is 15.7. The first kappa shape index (κ1) is 16.0. The van der Waals surface area contributed by atoms with E-state index < -0.39 is 12.1 Å². The van der Waals surface area contributed by atoms with E-state index in [1.807, 2.05) is 4.90 Å². The molecule has 9 nitrogen and oxygen atoms in total. The molecule has 0 saturated carbocycles. The SMILES string of the molecule is NC(=O)OCCNC(=O)N1CCN(CCC(=O)O)CC1. The summed E-state index contributed by atoms with van der Waals surface area (Å²) in [5.41, 5.74) is 4.79. The summed E-state index contributed by atoms with van der Waals surface area (Å²) in [5.74, 6) is -0.820. The van der Waals surface area contributed by atoms with Crippen LogP contribution in [-0.2, 0) is 9.53 Å². The number of nitrogens with one attached hydrogen (secondary N) is 1. The van der Waals surface area contributed by atoms with Crippen molar-refractivity contribution in [2.24, 2.45) is 5.73 Å². The van der Waals surface area contributed by atoms with E-state index in [1.54, 1.807) is 4.90 Å². The van der Waals surface area contributed by atoms with Gasteiger partial charge in [-0.2, -0.15) is 0 Å². The third-order valence-electron chi connectivity index (χ3n) is 2.92. The molecule has 1 aliphatic rings. The van der Waals surface area contributed by atoms with Crippen molar-refractivity contribution < 1.29 is 24.2 Å². The molecular weight excluding hydrogens is 268 g/mol. The van der Waals surface area contributed by atoms with Crippen LogP contribution in [0.15, 0.2) is 0 Å². The van der Waals surface area contributed by atoms with E-state index in [1.165, 1.54) is 0 Å². The maximum absolute atomic E-state index is 11.7. The summed E-state index contributed by atoms with van der Waals surface area (Å²) >= 11 is 0. The van der Waals surface area contributed by atoms with Crippen molar-refractivity contribution in [3.63, 3.8) is 0 Å². The van der Waals surface area contributed by atoms with Crippen molar-refractivity contribution in [1.29, 1.82) is 0 Å². The minimum absolute atomic E-state index is 0.0413. The molecule has 0 unspecified atom stereocenters. The van der Waals surface area contributed by atoms with Gasteiger partial charge >= 0.3 is 18.1 Å². The van der Waals surface area contributed by atoms with Crippen LogP contribution in [0.25, 0.3) is 0 Å². The van der Waals surface area contributed by atoms with E-state index in [0.29, 0.717) is 32.7 Å². The molecule has 1 saturated heterocycles. The molecule has 1 heterocycles. The number of hydrogen-bond donors (Lipinski definition) is 3. The number of ether oxygens (including phenoxy) is 1. The summed E-state index contributed by atoms with van der Waals surface area (Å²) in [7, 11) is 0. The molecule has 20 heavy (non-hydrogen) atoms. The fourth-order valence-electron chi connectivity index (χ4n) is 1.85. The number of nitrogens with zero attached hydrogens (tertiary/aromatic N) is 2. The van der Waals surface area contributed by atoms with Crippen molar-refractivity contribution in [3.05, 3.63) is 0 Å². The molecule has 0 spiro atoms. The number of amides is 3. The van der Waals surface area contributed by atoms with E-state index in [4.69, 9.17) is 10.8 Å². The standard InChI is InChI=1S/C11H20N4O5/c12-10(18)20-8-2-13-11(19)15-6-4-14(5-7-15)3-1-9(16)17/h1-8H2,(H2,12,18)(H,13,19)(H,16,17). The van der Waals surface area contributed by atoms with Crippen LogP contribution >= 0.6 is 0 Å². The molecule has 0 aromatic rings. The van der Waals surface area contributed by atoms with Gasteiger partial charge in [0, 0.05) is 32.7 Å². The van der Waals surface area contributed by atoms with Gasteiger partial charge in [-0.25, -0.2) is 9.59 Å². The van der Waals surface area contributed by atoms with Gasteiger partial charge in [-0.3, -0.25) is 9.69 Å². The number of carbonyl (C=O) groups is 3. The second-order valence-electron chi connectivity index (χ2n) is 4.37. The Morgan fingerprint density at radius 3 is 2.40 bits per heavy atom. The number of rotatable bonds is 6. The maximum Gasteiger partial charge on any atom is 0.404 e. The van der Waals surface area contributed by atoms with Crippen LogP contribution < -0.4 is 11.1 Å². The molecule has 0 aromatic heterocycles. The minimum Gasteiger partial charge on any atom is -0.481 e. The summed E-state index contributed by atoms with van der Waals surface area (Å²) in [6.45, 7) is 3.14. The molecule has 0 radical (unpaired) electrons. The molecule has 114 valence electrons. The fraction of sp³-hybridized carbons (Fsp3) is 0.727. The molecule has 3 amide bonds. The Labute approximate surface area is 116 Å². The lowest BCUT2D eigenvalue weighted by Crippen LogP contribution is -2.52. The van der Waals surface area contributed by atoms with Gasteiger partial charge in [0.25, 0.3) is 0 Å². The Kier molecular flexibility index (Phi) is 6.57. The van der Waals surface area contributed by atoms with E-state index >= 15 is 0 Å². The van der Waals surface area contributed by atoms with Crippen molar-refractivity contribution in [2.75, 3.05) is 45.9 Å². The van der Waals surface area contributed by atoms with Crippen molar-refractivity contribution in [1.82, 2.24) is 15.1 Å². The summed E-state index contributed by atoms with van der Waals surface area (Å²) in [4.78, 5) is 36.2. The Morgan fingerprint density at radius 1 is 1.20 bits per heavy atom. The van der Waals surface area contributed by atoms with Gasteiger partial charge in [0.15, 0.2) is 0 Å². The zero-order chi connectivity index (χ0) is 15.0. The number of hydrogen-bond acceptors (Lipinski definition) is 5. The second-order valence-corrected chi connectivity index (χ2v) is 4.37. The van der Waals surface area contributed by atoms with Crippen LogP contribution in [0, 0.1) is 0 Å². The summed E-state index contributed by atoms with van der Waals surface area (Å²) in [6, 6.07) is -0.226. The minimum atomic E-state index is -0.869. The number of carbonyl (C=O) groups excluding carboxylic acids is 2. The third-order valence-corrected chi connectivity index (χ3v) is 2.92. The summed E-state index contributed by atoms with van der Waals surface area (Å²) in [6.07, 6.45) is -0.761. The van der Waals surface area contributed by atoms with E-state index in [-0.39, 0.29) is 25.6 Å². The number of aliphatic carboxylic acids is 1. The van der Waals surface area contributed by atoms with Crippen LogP contribution in [0.2, 0.25) is 0 Å². The molecular formula is C11H20N4O5. The van der Waals surface area contributed by atoms with Crippen LogP contribution in [-0.4, -0.2) is 78.9 Å². The molecule has 0 aliphatic carbocycles. The van der Waals surface area contributed by atoms with E-state index in [0.717, 1.165) is 0 Å². The summed E-state index contributed by atoms with van der Waals surface area (Å²) < 4.78 is 4.49. The van der Waals surface area contributed by atoms with Crippen LogP contribution in [0.3, 0.4) is 0 Å². The van der Waals surface area contributed by atoms with Crippen molar-refractivity contribution in [3.8, 4) is 0 Å². The van der Waals surface area contributed by atoms with Crippen molar-refractivity contribution >= 4 is 18.1 Å². The highest BCUT2D eigenvalue weighted by Crippen LogP contribution is 2.02. The number of urea groups is 1. The number of primary amides is 1. The third kappa shape index (κ3) is 6.23. The topological polar surface area (TPSA) is 125 Å². The number of nitrogens with two attached hydrogens (primary N) is 1. The lowest BCUT2D eigenvalue weighted by atomic mass is 10.3. The van der Waals surface area contributed by atoms with E-state index in [2.05, 4.69) is 10.1 Å². The van der Waals surface area contributed by atoms with Gasteiger partial charge in [0.2, 0.25) is 0 Å². The molecule has 0 bridgehead atoms. The quantitative estimate of drug-likeness (QED) is 0.532. The molecule has 1 aliphatic heterocycles. The zero-order valence-corrected chi connectivity index (χ0v) is 11.2. The largest absolute Gasteiger partial charge is 0.481 e. The zero-order valence-electron chi connectivity index (χ0n) is 11.2. The Balaban J connectivity index is 2.15. The average molecular weight is 288 g/mol. The van der Waals surface area contributed by atoms with Gasteiger partial charge in [0.1, 0.15) is 6.61 Å². The first-order chi connectivity index (χ1) is 9.49. The molecule has 1 fully saturated rings. The van der Waals surface area contributed by atoms with Gasteiger partial charge in [-0.05, 0) is 0 Å². The Morgan fingerprint density at radius 2 is 1.85 bits per heavy atom. The van der Waals surface area contributed by atoms with Gasteiger partial charge in [-0.15, -0.1) is 0 Å². The lowest BCUT2D eigenvalue weighted by Gasteiger charge is -2.34. The van der Waals surface area contributed by atoms with Crippen molar-refractivity contribution in [2.45, 2.75) is 6.42 Å². The Bertz CT molecular complexity index is 355. The monoisotopic (exact) mass is 288 g/mol. The van der Waals surface area contributed by atoms with Gasteiger partial charge in [-0.1, -0.05) is 0 Å². The predicted octanol–water partition coefficient (Wildman–Crippen LogP) is -1.12. The first-order valence-corrected chi connectivity index (χ1v) is 6.38. The highest BCUT2D eigenvalue weighted by Gasteiger charge is 2.20. The molecule has 1 rings (SSSR count). The molecule has 4 N–H and O–H groups in total. The number of piperazine rings is 1. The van der Waals surface area contributed by atoms with Gasteiger partial charge in [0.05, 0.1) is 13.0 Å². The average Bonchev–Trinajstić information content (AvgIpc) is 2.41.